The maximum Gasteiger partial charge on any atom is 0.394 e. The molecular formula is C19H20F3N3O2. The van der Waals surface area contributed by atoms with Crippen LogP contribution < -0.4 is 0 Å². The van der Waals surface area contributed by atoms with Crippen LogP contribution in [0.15, 0.2) is 24.4 Å². The zero-order valence-electron chi connectivity index (χ0n) is 14.9. The summed E-state index contributed by atoms with van der Waals surface area (Å²) in [6.45, 7) is 0.418. The lowest BCUT2D eigenvalue weighted by Crippen LogP contribution is -2.43. The SMILES string of the molecule is Cn1cc2c3cc(C(=O)O)ccc3n(CCCC3(C(F)(F)F)CCC3)c2n1. The van der Waals surface area contributed by atoms with Gasteiger partial charge >= 0.3 is 12.1 Å². The molecule has 2 heterocycles. The number of fused-ring (bicyclic) bond motifs is 3. The van der Waals surface area contributed by atoms with Crippen molar-refractivity contribution in [3.05, 3.63) is 30.0 Å². The second-order valence-corrected chi connectivity index (χ2v) is 7.46. The van der Waals surface area contributed by atoms with Gasteiger partial charge in [-0.3, -0.25) is 4.68 Å². The van der Waals surface area contributed by atoms with Gasteiger partial charge in [-0.2, -0.15) is 18.3 Å². The number of hydrogen-bond acceptors (Lipinski definition) is 2. The number of hydrogen-bond donors (Lipinski definition) is 1. The molecule has 0 atom stereocenters. The van der Waals surface area contributed by atoms with Gasteiger partial charge in [-0.25, -0.2) is 4.79 Å². The molecule has 1 fully saturated rings. The van der Waals surface area contributed by atoms with Crippen molar-refractivity contribution in [1.82, 2.24) is 14.3 Å². The van der Waals surface area contributed by atoms with Crippen LogP contribution in [0.5, 0.6) is 0 Å². The topological polar surface area (TPSA) is 60.1 Å². The Kier molecular flexibility index (Phi) is 3.98. The van der Waals surface area contributed by atoms with Crippen LogP contribution in [0, 0.1) is 5.41 Å². The summed E-state index contributed by atoms with van der Waals surface area (Å²) in [7, 11) is 1.77. The Bertz CT molecular complexity index is 1030. The molecule has 4 rings (SSSR count). The smallest absolute Gasteiger partial charge is 0.394 e. The fraction of sp³-hybridized carbons (Fsp3) is 0.474. The lowest BCUT2D eigenvalue weighted by atomic mass is 9.65. The lowest BCUT2D eigenvalue weighted by Gasteiger charge is -2.43. The number of carboxylic acids is 1. The average Bonchev–Trinajstić information content (AvgIpc) is 3.04. The van der Waals surface area contributed by atoms with Gasteiger partial charge in [-0.15, -0.1) is 0 Å². The molecule has 0 aliphatic heterocycles. The van der Waals surface area contributed by atoms with Crippen LogP contribution in [0.4, 0.5) is 13.2 Å². The number of alkyl halides is 3. The fourth-order valence-electron chi connectivity index (χ4n) is 4.18. The lowest BCUT2D eigenvalue weighted by molar-refractivity contribution is -0.253. The number of aryl methyl sites for hydroxylation is 2. The molecule has 144 valence electrons. The highest BCUT2D eigenvalue weighted by atomic mass is 19.4. The number of carbonyl (C=O) groups is 1. The third kappa shape index (κ3) is 2.78. The summed E-state index contributed by atoms with van der Waals surface area (Å²) in [5, 5.41) is 15.2. The number of rotatable bonds is 5. The summed E-state index contributed by atoms with van der Waals surface area (Å²) in [6, 6.07) is 4.83. The Morgan fingerprint density at radius 1 is 1.30 bits per heavy atom. The van der Waals surface area contributed by atoms with Crippen molar-refractivity contribution in [1.29, 1.82) is 0 Å². The van der Waals surface area contributed by atoms with Gasteiger partial charge in [-0.1, -0.05) is 6.42 Å². The molecule has 1 N–H and O–H groups in total. The van der Waals surface area contributed by atoms with Crippen LogP contribution in [0.3, 0.4) is 0 Å². The molecule has 2 aromatic heterocycles. The molecule has 0 saturated heterocycles. The molecule has 27 heavy (non-hydrogen) atoms. The number of benzene rings is 1. The van der Waals surface area contributed by atoms with Gasteiger partial charge in [0.2, 0.25) is 0 Å². The first-order valence-corrected chi connectivity index (χ1v) is 8.97. The van der Waals surface area contributed by atoms with Gasteiger partial charge in [0.15, 0.2) is 5.65 Å². The van der Waals surface area contributed by atoms with Crippen LogP contribution in [0.2, 0.25) is 0 Å². The van der Waals surface area contributed by atoms with Crippen LogP contribution in [-0.2, 0) is 13.6 Å². The van der Waals surface area contributed by atoms with Crippen molar-refractivity contribution in [2.75, 3.05) is 0 Å². The van der Waals surface area contributed by atoms with Crippen molar-refractivity contribution >= 4 is 27.9 Å². The van der Waals surface area contributed by atoms with Gasteiger partial charge in [-0.05, 0) is 43.9 Å². The first kappa shape index (κ1) is 17.9. The quantitative estimate of drug-likeness (QED) is 0.697. The molecule has 0 radical (unpaired) electrons. The van der Waals surface area contributed by atoms with Gasteiger partial charge in [0.25, 0.3) is 0 Å². The molecule has 0 bridgehead atoms. The van der Waals surface area contributed by atoms with Gasteiger partial charge in [0.05, 0.1) is 16.5 Å². The van der Waals surface area contributed by atoms with E-state index in [0.717, 1.165) is 16.3 Å². The summed E-state index contributed by atoms with van der Waals surface area (Å²) in [5.41, 5.74) is 0.115. The van der Waals surface area contributed by atoms with Crippen molar-refractivity contribution in [3.63, 3.8) is 0 Å². The predicted octanol–water partition coefficient (Wildman–Crippen LogP) is 4.74. The van der Waals surface area contributed by atoms with E-state index in [4.69, 9.17) is 0 Å². The summed E-state index contributed by atoms with van der Waals surface area (Å²) >= 11 is 0. The molecule has 1 aliphatic carbocycles. The molecule has 1 aromatic carbocycles. The number of carboxylic acid groups (broad SMARTS) is 1. The predicted molar refractivity (Wildman–Crippen MR) is 94.7 cm³/mol. The van der Waals surface area contributed by atoms with Crippen LogP contribution >= 0.6 is 0 Å². The molecule has 0 unspecified atom stereocenters. The van der Waals surface area contributed by atoms with E-state index >= 15 is 0 Å². The highest BCUT2D eigenvalue weighted by Gasteiger charge is 2.57. The second kappa shape index (κ2) is 6.00. The number of aromatic carboxylic acids is 1. The zero-order chi connectivity index (χ0) is 19.4. The highest BCUT2D eigenvalue weighted by molar-refractivity contribution is 6.08. The van der Waals surface area contributed by atoms with E-state index in [-0.39, 0.29) is 24.8 Å². The Hall–Kier alpha value is -2.51. The summed E-state index contributed by atoms with van der Waals surface area (Å²) in [5.74, 6) is -1.02. The summed E-state index contributed by atoms with van der Waals surface area (Å²) in [4.78, 5) is 11.3. The van der Waals surface area contributed by atoms with E-state index in [1.807, 2.05) is 10.8 Å². The third-order valence-electron chi connectivity index (χ3n) is 5.84. The monoisotopic (exact) mass is 379 g/mol. The van der Waals surface area contributed by atoms with Crippen molar-refractivity contribution in [2.24, 2.45) is 12.5 Å². The van der Waals surface area contributed by atoms with Crippen LogP contribution in [-0.4, -0.2) is 31.6 Å². The molecule has 5 nitrogen and oxygen atoms in total. The highest BCUT2D eigenvalue weighted by Crippen LogP contribution is 2.56. The number of aromatic nitrogens is 3. The largest absolute Gasteiger partial charge is 0.478 e. The third-order valence-corrected chi connectivity index (χ3v) is 5.84. The molecule has 3 aromatic rings. The Labute approximate surface area is 153 Å². The van der Waals surface area contributed by atoms with E-state index in [2.05, 4.69) is 5.10 Å². The molecule has 8 heteroatoms. The van der Waals surface area contributed by atoms with E-state index in [1.54, 1.807) is 23.9 Å². The Balaban J connectivity index is 1.67. The standard InChI is InChI=1S/C19H20F3N3O2/c1-24-11-14-13-10-12(17(26)27)4-5-15(13)25(16(14)23-24)9-3-8-18(6-2-7-18)19(20,21)22/h4-5,10-11H,2-3,6-9H2,1H3,(H,26,27). The maximum absolute atomic E-state index is 13.4. The zero-order valence-corrected chi connectivity index (χ0v) is 14.9. The van der Waals surface area contributed by atoms with E-state index in [0.29, 0.717) is 25.0 Å². The molecule has 0 spiro atoms. The molecule has 1 aliphatic rings. The van der Waals surface area contributed by atoms with Gasteiger partial charge in [0, 0.05) is 30.6 Å². The van der Waals surface area contributed by atoms with Crippen molar-refractivity contribution < 1.29 is 23.1 Å². The van der Waals surface area contributed by atoms with E-state index < -0.39 is 17.6 Å². The summed E-state index contributed by atoms with van der Waals surface area (Å²) in [6.07, 6.45) is -0.779. The van der Waals surface area contributed by atoms with Crippen molar-refractivity contribution in [2.45, 2.75) is 44.8 Å². The first-order chi connectivity index (χ1) is 12.7. The summed E-state index contributed by atoms with van der Waals surface area (Å²) < 4.78 is 43.7. The normalized spacial score (nSPS) is 16.7. The number of halogens is 3. The second-order valence-electron chi connectivity index (χ2n) is 7.46. The van der Waals surface area contributed by atoms with Crippen molar-refractivity contribution in [3.8, 4) is 0 Å². The molecule has 1 saturated carbocycles. The maximum atomic E-state index is 13.4. The van der Waals surface area contributed by atoms with E-state index in [1.165, 1.54) is 6.07 Å². The minimum Gasteiger partial charge on any atom is -0.478 e. The molecule has 0 amide bonds. The Morgan fingerprint density at radius 2 is 2.04 bits per heavy atom. The van der Waals surface area contributed by atoms with Crippen LogP contribution in [0.1, 0.15) is 42.5 Å². The minimum atomic E-state index is -4.15. The minimum absolute atomic E-state index is 0.109. The van der Waals surface area contributed by atoms with Gasteiger partial charge < -0.3 is 9.67 Å². The van der Waals surface area contributed by atoms with Gasteiger partial charge in [0.1, 0.15) is 0 Å². The Morgan fingerprint density at radius 3 is 2.63 bits per heavy atom. The molecular weight excluding hydrogens is 359 g/mol. The van der Waals surface area contributed by atoms with E-state index in [9.17, 15) is 23.1 Å². The van der Waals surface area contributed by atoms with Crippen LogP contribution in [0.25, 0.3) is 21.9 Å². The average molecular weight is 379 g/mol. The fourth-order valence-corrected chi connectivity index (χ4v) is 4.18. The first-order valence-electron chi connectivity index (χ1n) is 8.97. The number of nitrogens with zero attached hydrogens (tertiary/aromatic N) is 3.